The summed E-state index contributed by atoms with van der Waals surface area (Å²) in [7, 11) is -2.81. The maximum Gasteiger partial charge on any atom is 0.319 e. The summed E-state index contributed by atoms with van der Waals surface area (Å²) < 4.78 is 26.4. The zero-order chi connectivity index (χ0) is 18.9. The first kappa shape index (κ1) is 20.6. The van der Waals surface area contributed by atoms with E-state index in [1.165, 1.54) is 12.1 Å². The molecule has 0 aliphatic heterocycles. The summed E-state index contributed by atoms with van der Waals surface area (Å²) in [6.07, 6.45) is 0.983. The van der Waals surface area contributed by atoms with Crippen LogP contribution in [0.4, 0.5) is 0 Å². The molecule has 9 nitrogen and oxygen atoms in total. The standard InChI is InChI=1S/C14H20BN4O5S/c1-10-4-6-11(7-5-10)25(23,24)19-14(16)17-8-2-3-12(13(21)22)18-15-9-20/h4-7,9,12,18H,2-3,8H2,1H3,(H,21,22)(H3,16,17,19)/t12-/m0/s1. The lowest BCUT2D eigenvalue weighted by Crippen LogP contribution is -2.40. The molecule has 0 bridgehead atoms. The summed E-state index contributed by atoms with van der Waals surface area (Å²) in [6.45, 7) is 1.97. The number of carbonyl (C=O) groups is 2. The Morgan fingerprint density at radius 1 is 1.40 bits per heavy atom. The fourth-order valence-corrected chi connectivity index (χ4v) is 2.83. The zero-order valence-electron chi connectivity index (χ0n) is 13.7. The summed E-state index contributed by atoms with van der Waals surface area (Å²) in [6, 6.07) is 5.31. The molecule has 0 aromatic heterocycles. The van der Waals surface area contributed by atoms with Crippen molar-refractivity contribution in [3.05, 3.63) is 29.8 Å². The van der Waals surface area contributed by atoms with E-state index < -0.39 is 22.0 Å². The fourth-order valence-electron chi connectivity index (χ4n) is 1.87. The molecule has 25 heavy (non-hydrogen) atoms. The molecule has 0 aliphatic rings. The lowest BCUT2D eigenvalue weighted by atomic mass is 9.95. The molecule has 0 saturated carbocycles. The van der Waals surface area contributed by atoms with Gasteiger partial charge in [-0.1, -0.05) is 17.7 Å². The minimum absolute atomic E-state index is 0.0655. The Balaban J connectivity index is 2.53. The number of carboxylic acids is 1. The van der Waals surface area contributed by atoms with Crippen LogP contribution in [0.5, 0.6) is 0 Å². The second kappa shape index (κ2) is 9.79. The predicted molar refractivity (Wildman–Crippen MR) is 94.3 cm³/mol. The average molecular weight is 367 g/mol. The number of carbonyl (C=O) groups excluding carboxylic acids is 1. The summed E-state index contributed by atoms with van der Waals surface area (Å²) >= 11 is 0. The van der Waals surface area contributed by atoms with Crippen molar-refractivity contribution in [1.82, 2.24) is 9.95 Å². The molecule has 0 aliphatic carbocycles. The molecule has 0 saturated heterocycles. The molecule has 0 heterocycles. The first-order chi connectivity index (χ1) is 11.8. The van der Waals surface area contributed by atoms with Gasteiger partial charge >= 0.3 is 5.97 Å². The number of carboxylic acid groups (broad SMARTS) is 1. The Kier molecular flexibility index (Phi) is 8.09. The summed E-state index contributed by atoms with van der Waals surface area (Å²) in [4.78, 5) is 25.1. The number of hydrogen-bond acceptors (Lipinski definition) is 6. The van der Waals surface area contributed by atoms with Crippen LogP contribution in [-0.4, -0.2) is 51.6 Å². The molecule has 11 heteroatoms. The van der Waals surface area contributed by atoms with Gasteiger partial charge in [-0.15, -0.1) is 0 Å². The van der Waals surface area contributed by atoms with E-state index in [9.17, 15) is 18.0 Å². The van der Waals surface area contributed by atoms with E-state index in [4.69, 9.17) is 10.8 Å². The quantitative estimate of drug-likeness (QED) is 0.139. The molecule has 0 spiro atoms. The van der Waals surface area contributed by atoms with Gasteiger partial charge in [-0.25, -0.2) is 13.1 Å². The molecular formula is C14H20BN4O5S. The molecular weight excluding hydrogens is 347 g/mol. The Morgan fingerprint density at radius 2 is 2.04 bits per heavy atom. The third-order valence-electron chi connectivity index (χ3n) is 3.17. The van der Waals surface area contributed by atoms with Gasteiger partial charge in [-0.3, -0.25) is 9.79 Å². The summed E-state index contributed by atoms with van der Waals surface area (Å²) in [5.74, 6) is -1.38. The van der Waals surface area contributed by atoms with Crippen molar-refractivity contribution in [1.29, 1.82) is 0 Å². The van der Waals surface area contributed by atoms with Crippen molar-refractivity contribution in [2.45, 2.75) is 30.7 Å². The number of rotatable bonds is 10. The number of aliphatic imine (C=N–C) groups is 1. The predicted octanol–water partition coefficient (Wildman–Crippen LogP) is -0.780. The van der Waals surface area contributed by atoms with Crippen LogP contribution < -0.4 is 15.7 Å². The fraction of sp³-hybridized carbons (Fsp3) is 0.357. The van der Waals surface area contributed by atoms with Gasteiger partial charge in [0.2, 0.25) is 5.96 Å². The first-order valence-corrected chi connectivity index (χ1v) is 8.90. The van der Waals surface area contributed by atoms with Crippen molar-refractivity contribution in [2.75, 3.05) is 6.54 Å². The molecule has 0 amide bonds. The SMILES string of the molecule is Cc1ccc(S(=O)(=O)NC(N)=NCCC[C@H](N[B]C=O)C(=O)O)cc1. The minimum atomic E-state index is -3.81. The second-order valence-electron chi connectivity index (χ2n) is 5.19. The normalized spacial score (nSPS) is 13.1. The Hall–Kier alpha value is -2.40. The van der Waals surface area contributed by atoms with Gasteiger partial charge in [0.25, 0.3) is 17.4 Å². The van der Waals surface area contributed by atoms with Gasteiger partial charge in [0.05, 0.1) is 17.1 Å². The number of hydrogen-bond donors (Lipinski definition) is 4. The zero-order valence-corrected chi connectivity index (χ0v) is 14.5. The van der Waals surface area contributed by atoms with Crippen LogP contribution in [0.1, 0.15) is 18.4 Å². The molecule has 1 atom stereocenters. The molecule has 1 aromatic carbocycles. The highest BCUT2D eigenvalue weighted by Crippen LogP contribution is 2.09. The van der Waals surface area contributed by atoms with Crippen LogP contribution in [0.15, 0.2) is 34.2 Å². The van der Waals surface area contributed by atoms with E-state index in [1.54, 1.807) is 12.1 Å². The third kappa shape index (κ3) is 7.35. The van der Waals surface area contributed by atoms with Gasteiger partial charge in [0.15, 0.2) is 0 Å². The van der Waals surface area contributed by atoms with Crippen LogP contribution >= 0.6 is 0 Å². The molecule has 5 N–H and O–H groups in total. The topological polar surface area (TPSA) is 151 Å². The number of nitrogens with one attached hydrogen (secondary N) is 2. The number of benzene rings is 1. The smallest absolute Gasteiger partial charge is 0.319 e. The average Bonchev–Trinajstić information content (AvgIpc) is 2.53. The van der Waals surface area contributed by atoms with Gasteiger partial charge in [0.1, 0.15) is 0 Å². The van der Waals surface area contributed by atoms with Crippen molar-refractivity contribution in [3.63, 3.8) is 0 Å². The van der Waals surface area contributed by atoms with Crippen molar-refractivity contribution >= 4 is 35.6 Å². The van der Waals surface area contributed by atoms with E-state index in [0.29, 0.717) is 12.6 Å². The van der Waals surface area contributed by atoms with Crippen LogP contribution in [0.3, 0.4) is 0 Å². The second-order valence-corrected chi connectivity index (χ2v) is 6.87. The first-order valence-electron chi connectivity index (χ1n) is 7.41. The number of nitrogens with zero attached hydrogens (tertiary/aromatic N) is 1. The molecule has 1 radical (unpaired) electrons. The van der Waals surface area contributed by atoms with Crippen LogP contribution in [-0.2, 0) is 19.6 Å². The van der Waals surface area contributed by atoms with Crippen molar-refractivity contribution < 1.29 is 23.1 Å². The van der Waals surface area contributed by atoms with Crippen LogP contribution in [0, 0.1) is 6.92 Å². The van der Waals surface area contributed by atoms with E-state index in [2.05, 4.69) is 14.9 Å². The van der Waals surface area contributed by atoms with Crippen LogP contribution in [0.25, 0.3) is 0 Å². The van der Waals surface area contributed by atoms with E-state index in [1.807, 2.05) is 6.92 Å². The number of sulfonamides is 1. The molecule has 1 rings (SSSR count). The Morgan fingerprint density at radius 3 is 2.60 bits per heavy atom. The maximum absolute atomic E-state index is 12.1. The van der Waals surface area contributed by atoms with Gasteiger partial charge in [-0.05, 0) is 31.9 Å². The Labute approximate surface area is 147 Å². The van der Waals surface area contributed by atoms with Crippen molar-refractivity contribution in [3.8, 4) is 0 Å². The number of aliphatic carboxylic acids is 1. The molecule has 0 fully saturated rings. The monoisotopic (exact) mass is 367 g/mol. The van der Waals surface area contributed by atoms with Crippen molar-refractivity contribution in [2.24, 2.45) is 10.7 Å². The van der Waals surface area contributed by atoms with E-state index in [-0.39, 0.29) is 23.8 Å². The van der Waals surface area contributed by atoms with Gasteiger partial charge in [0, 0.05) is 6.54 Å². The van der Waals surface area contributed by atoms with Gasteiger partial charge < -0.3 is 20.9 Å². The van der Waals surface area contributed by atoms with E-state index >= 15 is 0 Å². The Bertz CT molecular complexity index is 721. The molecule has 1 aromatic rings. The lowest BCUT2D eigenvalue weighted by molar-refractivity contribution is -0.139. The van der Waals surface area contributed by atoms with E-state index in [0.717, 1.165) is 13.0 Å². The largest absolute Gasteiger partial charge is 0.480 e. The number of aryl methyl sites for hydroxylation is 1. The number of nitrogens with two attached hydrogens (primary N) is 1. The maximum atomic E-state index is 12.1. The lowest BCUT2D eigenvalue weighted by Gasteiger charge is -2.11. The molecule has 0 unspecified atom stereocenters. The van der Waals surface area contributed by atoms with Crippen LogP contribution in [0.2, 0.25) is 0 Å². The summed E-state index contributed by atoms with van der Waals surface area (Å²) in [5, 5.41) is 11.4. The van der Waals surface area contributed by atoms with Gasteiger partial charge in [-0.2, -0.15) is 0 Å². The highest BCUT2D eigenvalue weighted by Gasteiger charge is 2.16. The number of guanidine groups is 1. The highest BCUT2D eigenvalue weighted by molar-refractivity contribution is 7.90. The third-order valence-corrected chi connectivity index (χ3v) is 4.54. The summed E-state index contributed by atoms with van der Waals surface area (Å²) in [5.41, 5.74) is 6.48. The highest BCUT2D eigenvalue weighted by atomic mass is 32.2. The minimum Gasteiger partial charge on any atom is -0.480 e. The molecule has 135 valence electrons.